The van der Waals surface area contributed by atoms with Crippen molar-refractivity contribution in [1.82, 2.24) is 4.98 Å². The molecular formula is C17H14ClN3OS. The van der Waals surface area contributed by atoms with E-state index >= 15 is 0 Å². The predicted molar refractivity (Wildman–Crippen MR) is 96.4 cm³/mol. The van der Waals surface area contributed by atoms with Crippen molar-refractivity contribution in [2.24, 2.45) is 0 Å². The number of hydrogen-bond donors (Lipinski definition) is 2. The van der Waals surface area contributed by atoms with Crippen LogP contribution in [0.5, 0.6) is 0 Å². The Labute approximate surface area is 143 Å². The maximum atomic E-state index is 12.0. The summed E-state index contributed by atoms with van der Waals surface area (Å²) in [5, 5.41) is 8.65. The molecule has 0 radical (unpaired) electrons. The van der Waals surface area contributed by atoms with Crippen molar-refractivity contribution in [3.8, 4) is 11.3 Å². The maximum absolute atomic E-state index is 12.0. The van der Waals surface area contributed by atoms with E-state index in [1.165, 1.54) is 11.3 Å². The van der Waals surface area contributed by atoms with Crippen molar-refractivity contribution in [2.45, 2.75) is 6.92 Å². The molecule has 0 aliphatic carbocycles. The molecule has 1 heterocycles. The van der Waals surface area contributed by atoms with Crippen LogP contribution >= 0.6 is 22.9 Å². The van der Waals surface area contributed by atoms with E-state index in [0.29, 0.717) is 10.2 Å². The van der Waals surface area contributed by atoms with E-state index in [1.807, 2.05) is 60.8 Å². The molecule has 3 aromatic rings. The Morgan fingerprint density at radius 3 is 2.65 bits per heavy atom. The molecule has 0 atom stereocenters. The summed E-state index contributed by atoms with van der Waals surface area (Å²) < 4.78 is 0. The summed E-state index contributed by atoms with van der Waals surface area (Å²) >= 11 is 7.25. The van der Waals surface area contributed by atoms with E-state index in [-0.39, 0.29) is 6.03 Å². The highest BCUT2D eigenvalue weighted by molar-refractivity contribution is 7.14. The fourth-order valence-corrected chi connectivity index (χ4v) is 2.91. The first-order chi connectivity index (χ1) is 11.1. The second kappa shape index (κ2) is 6.81. The topological polar surface area (TPSA) is 54.0 Å². The first kappa shape index (κ1) is 15.5. The minimum Gasteiger partial charge on any atom is -0.308 e. The van der Waals surface area contributed by atoms with E-state index in [4.69, 9.17) is 11.6 Å². The number of rotatable bonds is 3. The fourth-order valence-electron chi connectivity index (χ4n) is 2.07. The lowest BCUT2D eigenvalue weighted by atomic mass is 10.2. The number of benzene rings is 2. The summed E-state index contributed by atoms with van der Waals surface area (Å²) in [6.07, 6.45) is 0. The van der Waals surface area contributed by atoms with Crippen LogP contribution in [0, 0.1) is 6.92 Å². The Bertz CT molecular complexity index is 830. The number of aromatic nitrogens is 1. The number of urea groups is 1. The van der Waals surface area contributed by atoms with Gasteiger partial charge >= 0.3 is 6.03 Å². The number of thiazole rings is 1. The first-order valence-electron chi connectivity index (χ1n) is 6.96. The molecule has 4 nitrogen and oxygen atoms in total. The Balaban J connectivity index is 1.66. The molecule has 2 N–H and O–H groups in total. The van der Waals surface area contributed by atoms with Crippen LogP contribution in [0.1, 0.15) is 5.56 Å². The quantitative estimate of drug-likeness (QED) is 0.667. The van der Waals surface area contributed by atoms with Crippen LogP contribution in [0.3, 0.4) is 0 Å². The first-order valence-corrected chi connectivity index (χ1v) is 8.22. The van der Waals surface area contributed by atoms with Crippen LogP contribution in [0.25, 0.3) is 11.3 Å². The van der Waals surface area contributed by atoms with Gasteiger partial charge in [0.2, 0.25) is 0 Å². The Morgan fingerprint density at radius 2 is 1.91 bits per heavy atom. The highest BCUT2D eigenvalue weighted by Gasteiger charge is 2.08. The van der Waals surface area contributed by atoms with Gasteiger partial charge in [-0.25, -0.2) is 9.78 Å². The Hall–Kier alpha value is -2.37. The van der Waals surface area contributed by atoms with Gasteiger partial charge in [-0.3, -0.25) is 5.32 Å². The van der Waals surface area contributed by atoms with E-state index in [0.717, 1.165) is 22.5 Å². The maximum Gasteiger partial charge on any atom is 0.325 e. The average Bonchev–Trinajstić information content (AvgIpc) is 2.96. The zero-order chi connectivity index (χ0) is 16.2. The monoisotopic (exact) mass is 343 g/mol. The summed E-state index contributed by atoms with van der Waals surface area (Å²) in [5.41, 5.74) is 3.59. The number of anilines is 2. The van der Waals surface area contributed by atoms with E-state index in [2.05, 4.69) is 15.6 Å². The highest BCUT2D eigenvalue weighted by Crippen LogP contribution is 2.26. The lowest BCUT2D eigenvalue weighted by Crippen LogP contribution is -2.19. The number of carbonyl (C=O) groups excluding carboxylic acids is 1. The summed E-state index contributed by atoms with van der Waals surface area (Å²) in [7, 11) is 0. The number of nitrogens with one attached hydrogen (secondary N) is 2. The van der Waals surface area contributed by atoms with Gasteiger partial charge in [0.15, 0.2) is 5.13 Å². The number of halogens is 1. The molecule has 0 unspecified atom stereocenters. The Kier molecular flexibility index (Phi) is 4.60. The van der Waals surface area contributed by atoms with Crippen molar-refractivity contribution in [3.63, 3.8) is 0 Å². The average molecular weight is 344 g/mol. The van der Waals surface area contributed by atoms with Gasteiger partial charge < -0.3 is 5.32 Å². The third-order valence-corrected chi connectivity index (χ3v) is 4.15. The number of nitrogens with zero attached hydrogens (tertiary/aromatic N) is 1. The molecule has 23 heavy (non-hydrogen) atoms. The van der Waals surface area contributed by atoms with Gasteiger partial charge in [0, 0.05) is 21.7 Å². The van der Waals surface area contributed by atoms with Crippen LogP contribution in [0.15, 0.2) is 53.9 Å². The molecule has 2 aromatic carbocycles. The Morgan fingerprint density at radius 1 is 1.13 bits per heavy atom. The minimum absolute atomic E-state index is 0.312. The van der Waals surface area contributed by atoms with Gasteiger partial charge in [-0.15, -0.1) is 11.3 Å². The molecule has 6 heteroatoms. The summed E-state index contributed by atoms with van der Waals surface area (Å²) in [6, 6.07) is 14.7. The van der Waals surface area contributed by atoms with Crippen molar-refractivity contribution >= 4 is 39.8 Å². The normalized spacial score (nSPS) is 10.3. The van der Waals surface area contributed by atoms with E-state index in [9.17, 15) is 4.79 Å². The lowest BCUT2D eigenvalue weighted by Gasteiger charge is -2.05. The van der Waals surface area contributed by atoms with Gasteiger partial charge in [-0.2, -0.15) is 0 Å². The molecule has 0 saturated heterocycles. The molecular weight excluding hydrogens is 330 g/mol. The van der Waals surface area contributed by atoms with Crippen molar-refractivity contribution in [1.29, 1.82) is 0 Å². The van der Waals surface area contributed by atoms with Crippen molar-refractivity contribution in [3.05, 3.63) is 64.5 Å². The zero-order valence-corrected chi connectivity index (χ0v) is 13.9. The standard InChI is InChI=1S/C17H14ClN3OS/c1-11-3-2-4-14(9-11)19-16(22)21-17-20-15(10-23-17)12-5-7-13(18)8-6-12/h2-10H,1H3,(H2,19,20,21,22). The third kappa shape index (κ3) is 4.09. The number of hydrogen-bond acceptors (Lipinski definition) is 3. The highest BCUT2D eigenvalue weighted by atomic mass is 35.5. The van der Waals surface area contributed by atoms with Crippen LogP contribution < -0.4 is 10.6 Å². The van der Waals surface area contributed by atoms with Crippen molar-refractivity contribution < 1.29 is 4.79 Å². The number of amides is 2. The molecule has 0 saturated carbocycles. The molecule has 0 spiro atoms. The second-order valence-electron chi connectivity index (χ2n) is 4.99. The molecule has 0 fully saturated rings. The zero-order valence-electron chi connectivity index (χ0n) is 12.3. The van der Waals surface area contributed by atoms with Gasteiger partial charge in [0.1, 0.15) is 0 Å². The van der Waals surface area contributed by atoms with Gasteiger partial charge in [-0.05, 0) is 36.8 Å². The largest absolute Gasteiger partial charge is 0.325 e. The van der Waals surface area contributed by atoms with Gasteiger partial charge in [-0.1, -0.05) is 35.9 Å². The van der Waals surface area contributed by atoms with Crippen molar-refractivity contribution in [2.75, 3.05) is 10.6 Å². The molecule has 0 aliphatic heterocycles. The molecule has 2 amide bonds. The molecule has 0 aliphatic rings. The number of aryl methyl sites for hydroxylation is 1. The smallest absolute Gasteiger partial charge is 0.308 e. The molecule has 0 bridgehead atoms. The summed E-state index contributed by atoms with van der Waals surface area (Å²) in [4.78, 5) is 16.4. The molecule has 116 valence electrons. The van der Waals surface area contributed by atoms with Gasteiger partial charge in [0.05, 0.1) is 5.69 Å². The predicted octanol–water partition coefficient (Wildman–Crippen LogP) is 5.42. The third-order valence-electron chi connectivity index (χ3n) is 3.14. The second-order valence-corrected chi connectivity index (χ2v) is 6.29. The van der Waals surface area contributed by atoms with Gasteiger partial charge in [0.25, 0.3) is 0 Å². The summed E-state index contributed by atoms with van der Waals surface area (Å²) in [5.74, 6) is 0. The van der Waals surface area contributed by atoms with E-state index in [1.54, 1.807) is 0 Å². The molecule has 3 rings (SSSR count). The van der Waals surface area contributed by atoms with Crippen LogP contribution in [0.2, 0.25) is 5.02 Å². The van der Waals surface area contributed by atoms with Crippen LogP contribution in [0.4, 0.5) is 15.6 Å². The fraction of sp³-hybridized carbons (Fsp3) is 0.0588. The minimum atomic E-state index is -0.312. The van der Waals surface area contributed by atoms with Crippen LogP contribution in [-0.2, 0) is 0 Å². The summed E-state index contributed by atoms with van der Waals surface area (Å²) in [6.45, 7) is 1.97. The molecule has 1 aromatic heterocycles. The SMILES string of the molecule is Cc1cccc(NC(=O)Nc2nc(-c3ccc(Cl)cc3)cs2)c1. The number of carbonyl (C=O) groups is 1. The van der Waals surface area contributed by atoms with E-state index < -0.39 is 0 Å². The van der Waals surface area contributed by atoms with Crippen LogP contribution in [-0.4, -0.2) is 11.0 Å². The lowest BCUT2D eigenvalue weighted by molar-refractivity contribution is 0.262.